The molecule has 4 rings (SSSR count). The Labute approximate surface area is 187 Å². The van der Waals surface area contributed by atoms with Gasteiger partial charge in [-0.25, -0.2) is 4.79 Å². The van der Waals surface area contributed by atoms with Gasteiger partial charge < -0.3 is 19.4 Å². The zero-order chi connectivity index (χ0) is 23.0. The second kappa shape index (κ2) is 8.68. The van der Waals surface area contributed by atoms with E-state index in [1.165, 1.54) is 0 Å². The lowest BCUT2D eigenvalue weighted by atomic mass is 10.0. The van der Waals surface area contributed by atoms with Crippen molar-refractivity contribution >= 4 is 17.7 Å². The number of ether oxygens (including phenoxy) is 2. The lowest BCUT2D eigenvalue weighted by Gasteiger charge is -2.27. The SMILES string of the molecule is Cc1cc(C(=O)CN2C(=O)NC(CC(C)C)C2=O)c(C)n1CC1COc2ccccc2O1. The number of carbonyl (C=O) groups excluding carboxylic acids is 3. The average Bonchev–Trinajstić information content (AvgIpc) is 3.18. The summed E-state index contributed by atoms with van der Waals surface area (Å²) in [6.45, 7) is 8.44. The maximum atomic E-state index is 13.0. The van der Waals surface area contributed by atoms with Crippen LogP contribution in [0.5, 0.6) is 11.5 Å². The number of fused-ring (bicyclic) bond motifs is 1. The summed E-state index contributed by atoms with van der Waals surface area (Å²) in [7, 11) is 0. The predicted molar refractivity (Wildman–Crippen MR) is 118 cm³/mol. The summed E-state index contributed by atoms with van der Waals surface area (Å²) in [5.41, 5.74) is 2.19. The van der Waals surface area contributed by atoms with E-state index in [4.69, 9.17) is 9.47 Å². The molecular formula is C24H29N3O5. The molecule has 0 aliphatic carbocycles. The van der Waals surface area contributed by atoms with E-state index in [-0.39, 0.29) is 30.3 Å². The minimum atomic E-state index is -0.561. The number of Topliss-reactive ketones (excluding diaryl/α,β-unsaturated/α-hetero) is 1. The van der Waals surface area contributed by atoms with Crippen molar-refractivity contribution in [3.05, 3.63) is 47.3 Å². The molecule has 0 spiro atoms. The molecule has 1 N–H and O–H groups in total. The average molecular weight is 440 g/mol. The van der Waals surface area contributed by atoms with E-state index in [9.17, 15) is 14.4 Å². The summed E-state index contributed by atoms with van der Waals surface area (Å²) >= 11 is 0. The monoisotopic (exact) mass is 439 g/mol. The predicted octanol–water partition coefficient (Wildman–Crippen LogP) is 3.09. The number of carbonyl (C=O) groups is 3. The van der Waals surface area contributed by atoms with Crippen LogP contribution in [0.25, 0.3) is 0 Å². The van der Waals surface area contributed by atoms with E-state index < -0.39 is 12.1 Å². The number of ketones is 1. The van der Waals surface area contributed by atoms with E-state index in [1.54, 1.807) is 6.07 Å². The van der Waals surface area contributed by atoms with Gasteiger partial charge >= 0.3 is 6.03 Å². The van der Waals surface area contributed by atoms with E-state index in [2.05, 4.69) is 5.32 Å². The fourth-order valence-electron chi connectivity index (χ4n) is 4.31. The first-order valence-electron chi connectivity index (χ1n) is 10.9. The number of aromatic nitrogens is 1. The summed E-state index contributed by atoms with van der Waals surface area (Å²) in [5.74, 6) is 1.10. The molecule has 3 amide bonds. The number of hydrogen-bond donors (Lipinski definition) is 1. The lowest BCUT2D eigenvalue weighted by Crippen LogP contribution is -2.36. The van der Waals surface area contributed by atoms with E-state index >= 15 is 0 Å². The van der Waals surface area contributed by atoms with Gasteiger partial charge in [0, 0.05) is 17.0 Å². The maximum absolute atomic E-state index is 13.0. The Morgan fingerprint density at radius 1 is 1.19 bits per heavy atom. The molecule has 3 heterocycles. The maximum Gasteiger partial charge on any atom is 0.325 e. The van der Waals surface area contributed by atoms with Crippen LogP contribution in [0.15, 0.2) is 30.3 Å². The number of benzene rings is 1. The molecule has 2 aromatic rings. The molecule has 1 fully saturated rings. The summed E-state index contributed by atoms with van der Waals surface area (Å²) in [4.78, 5) is 38.9. The van der Waals surface area contributed by atoms with Crippen LogP contribution in [0.1, 0.15) is 42.0 Å². The Morgan fingerprint density at radius 2 is 1.91 bits per heavy atom. The molecule has 0 saturated carbocycles. The van der Waals surface area contributed by atoms with Crippen molar-refractivity contribution < 1.29 is 23.9 Å². The highest BCUT2D eigenvalue weighted by Gasteiger charge is 2.39. The number of imide groups is 1. The van der Waals surface area contributed by atoms with Crippen molar-refractivity contribution in [2.24, 2.45) is 5.92 Å². The molecule has 0 bridgehead atoms. The van der Waals surface area contributed by atoms with Crippen molar-refractivity contribution in [1.82, 2.24) is 14.8 Å². The fraction of sp³-hybridized carbons (Fsp3) is 0.458. The molecule has 170 valence electrons. The van der Waals surface area contributed by atoms with Gasteiger partial charge in [0.15, 0.2) is 23.4 Å². The standard InChI is InChI=1S/C24H29N3O5/c1-14(2)9-19-23(29)27(24(30)25-19)12-20(28)18-10-15(3)26(16(18)4)11-17-13-31-21-7-5-6-8-22(21)32-17/h5-8,10,14,17,19H,9,11-13H2,1-4H3,(H,25,30). The van der Waals surface area contributed by atoms with Crippen LogP contribution in [-0.4, -0.2) is 52.5 Å². The van der Waals surface area contributed by atoms with Crippen molar-refractivity contribution in [1.29, 1.82) is 0 Å². The van der Waals surface area contributed by atoms with Crippen molar-refractivity contribution in [2.45, 2.75) is 52.8 Å². The van der Waals surface area contributed by atoms with Crippen molar-refractivity contribution in [2.75, 3.05) is 13.2 Å². The Bertz CT molecular complexity index is 1060. The Balaban J connectivity index is 1.45. The zero-order valence-corrected chi connectivity index (χ0v) is 18.9. The van der Waals surface area contributed by atoms with Crippen molar-refractivity contribution in [3.63, 3.8) is 0 Å². The normalized spacial score (nSPS) is 20.1. The highest BCUT2D eigenvalue weighted by molar-refractivity contribution is 6.09. The summed E-state index contributed by atoms with van der Waals surface area (Å²) in [6, 6.07) is 8.28. The molecule has 8 heteroatoms. The molecule has 0 radical (unpaired) electrons. The van der Waals surface area contributed by atoms with Crippen molar-refractivity contribution in [3.8, 4) is 11.5 Å². The second-order valence-electron chi connectivity index (χ2n) is 8.87. The van der Waals surface area contributed by atoms with Gasteiger partial charge in [0.25, 0.3) is 5.91 Å². The van der Waals surface area contributed by atoms with Crippen LogP contribution >= 0.6 is 0 Å². The fourth-order valence-corrected chi connectivity index (χ4v) is 4.31. The van der Waals surface area contributed by atoms with Gasteiger partial charge in [-0.1, -0.05) is 26.0 Å². The van der Waals surface area contributed by atoms with Crippen LogP contribution in [0.3, 0.4) is 0 Å². The quantitative estimate of drug-likeness (QED) is 0.529. The number of rotatable bonds is 7. The van der Waals surface area contributed by atoms with E-state index in [1.807, 2.05) is 56.5 Å². The number of nitrogens with one attached hydrogen (secondary N) is 1. The first-order chi connectivity index (χ1) is 15.2. The molecular weight excluding hydrogens is 410 g/mol. The first kappa shape index (κ1) is 21.9. The van der Waals surface area contributed by atoms with Gasteiger partial charge in [0.05, 0.1) is 13.1 Å². The summed E-state index contributed by atoms with van der Waals surface area (Å²) < 4.78 is 13.9. The van der Waals surface area contributed by atoms with Crippen LogP contribution in [0.2, 0.25) is 0 Å². The first-order valence-corrected chi connectivity index (χ1v) is 10.9. The third-order valence-corrected chi connectivity index (χ3v) is 5.94. The number of nitrogens with zero attached hydrogens (tertiary/aromatic N) is 2. The number of amides is 3. The molecule has 2 aliphatic rings. The molecule has 2 unspecified atom stereocenters. The zero-order valence-electron chi connectivity index (χ0n) is 18.9. The van der Waals surface area contributed by atoms with Crippen LogP contribution in [0, 0.1) is 19.8 Å². The molecule has 8 nitrogen and oxygen atoms in total. The largest absolute Gasteiger partial charge is 0.486 e. The molecule has 1 saturated heterocycles. The highest BCUT2D eigenvalue weighted by atomic mass is 16.6. The van der Waals surface area contributed by atoms with Gasteiger partial charge in [0.1, 0.15) is 12.6 Å². The summed E-state index contributed by atoms with van der Waals surface area (Å²) in [5, 5.41) is 2.69. The summed E-state index contributed by atoms with van der Waals surface area (Å²) in [6.07, 6.45) is 0.358. The number of hydrogen-bond acceptors (Lipinski definition) is 5. The lowest BCUT2D eigenvalue weighted by molar-refractivity contribution is -0.127. The van der Waals surface area contributed by atoms with Gasteiger partial charge in [-0.2, -0.15) is 0 Å². The minimum absolute atomic E-state index is 0.194. The van der Waals surface area contributed by atoms with Crippen LogP contribution in [-0.2, 0) is 11.3 Å². The molecule has 1 aromatic heterocycles. The van der Waals surface area contributed by atoms with Crippen LogP contribution in [0.4, 0.5) is 4.79 Å². The topological polar surface area (TPSA) is 89.9 Å². The second-order valence-corrected chi connectivity index (χ2v) is 8.87. The Hall–Kier alpha value is -3.29. The molecule has 1 aromatic carbocycles. The molecule has 2 atom stereocenters. The third-order valence-electron chi connectivity index (χ3n) is 5.94. The molecule has 2 aliphatic heterocycles. The van der Waals surface area contributed by atoms with Crippen LogP contribution < -0.4 is 14.8 Å². The smallest absolute Gasteiger partial charge is 0.325 e. The van der Waals surface area contributed by atoms with Gasteiger partial charge in [-0.15, -0.1) is 0 Å². The third kappa shape index (κ3) is 4.22. The minimum Gasteiger partial charge on any atom is -0.486 e. The van der Waals surface area contributed by atoms with Gasteiger partial charge in [0.2, 0.25) is 0 Å². The van der Waals surface area contributed by atoms with E-state index in [0.29, 0.717) is 30.9 Å². The van der Waals surface area contributed by atoms with Gasteiger partial charge in [-0.3, -0.25) is 14.5 Å². The number of para-hydroxylation sites is 2. The number of aryl methyl sites for hydroxylation is 1. The van der Waals surface area contributed by atoms with Gasteiger partial charge in [-0.05, 0) is 44.4 Å². The highest BCUT2D eigenvalue weighted by Crippen LogP contribution is 2.31. The number of urea groups is 1. The Kier molecular flexibility index (Phi) is 5.95. The van der Waals surface area contributed by atoms with E-state index in [0.717, 1.165) is 22.0 Å². The molecule has 32 heavy (non-hydrogen) atoms. The Morgan fingerprint density at radius 3 is 2.62 bits per heavy atom.